The third-order valence-corrected chi connectivity index (χ3v) is 3.09. The van der Waals surface area contributed by atoms with Crippen LogP contribution in [0.3, 0.4) is 0 Å². The minimum Gasteiger partial charge on any atom is -0.204 e. The lowest BCUT2D eigenvalue weighted by Crippen LogP contribution is -2.08. The maximum atomic E-state index is 13.7. The van der Waals surface area contributed by atoms with Crippen LogP contribution in [0.2, 0.25) is 0 Å². The molecule has 0 N–H and O–H groups in total. The molecular weight excluding hydrogens is 299 g/mol. The van der Waals surface area contributed by atoms with E-state index in [2.05, 4.69) is 0 Å². The summed E-state index contributed by atoms with van der Waals surface area (Å²) >= 11 is 5.50. The minimum atomic E-state index is -4.68. The molecule has 0 saturated heterocycles. The zero-order valence-electron chi connectivity index (χ0n) is 9.94. The highest BCUT2D eigenvalue weighted by Gasteiger charge is 2.34. The van der Waals surface area contributed by atoms with Gasteiger partial charge in [0.25, 0.3) is 0 Å². The molecule has 0 atom stereocenters. The van der Waals surface area contributed by atoms with Crippen molar-refractivity contribution in [1.82, 2.24) is 0 Å². The molecule has 0 amide bonds. The summed E-state index contributed by atoms with van der Waals surface area (Å²) < 4.78 is 65.9. The average molecular weight is 307 g/mol. The Morgan fingerprint density at radius 2 is 1.65 bits per heavy atom. The third kappa shape index (κ3) is 2.77. The van der Waals surface area contributed by atoms with Crippen molar-refractivity contribution in [3.05, 3.63) is 59.2 Å². The Kier molecular flexibility index (Phi) is 3.99. The molecule has 2 rings (SSSR count). The van der Waals surface area contributed by atoms with E-state index in [1.165, 1.54) is 6.07 Å². The highest BCUT2D eigenvalue weighted by molar-refractivity contribution is 6.17. The third-order valence-electron chi connectivity index (χ3n) is 2.79. The number of halogens is 6. The molecule has 20 heavy (non-hydrogen) atoms. The first-order valence-electron chi connectivity index (χ1n) is 5.55. The Labute approximate surface area is 116 Å². The molecule has 0 heterocycles. The number of alkyl halides is 4. The van der Waals surface area contributed by atoms with E-state index >= 15 is 0 Å². The molecule has 0 bridgehead atoms. The fraction of sp³-hybridized carbons (Fsp3) is 0.143. The molecule has 2 aromatic rings. The Balaban J connectivity index is 2.71. The molecule has 106 valence electrons. The normalized spacial score (nSPS) is 11.7. The van der Waals surface area contributed by atoms with Crippen LogP contribution in [0, 0.1) is 11.6 Å². The Morgan fingerprint density at radius 1 is 0.950 bits per heavy atom. The van der Waals surface area contributed by atoms with E-state index in [1.807, 2.05) is 0 Å². The molecule has 0 saturated carbocycles. The zero-order valence-corrected chi connectivity index (χ0v) is 10.7. The quantitative estimate of drug-likeness (QED) is 0.515. The van der Waals surface area contributed by atoms with Gasteiger partial charge in [-0.3, -0.25) is 0 Å². The fourth-order valence-corrected chi connectivity index (χ4v) is 2.02. The first kappa shape index (κ1) is 14.8. The van der Waals surface area contributed by atoms with Gasteiger partial charge in [0.1, 0.15) is 0 Å². The second-order valence-corrected chi connectivity index (χ2v) is 4.38. The van der Waals surface area contributed by atoms with Crippen molar-refractivity contribution < 1.29 is 22.0 Å². The number of rotatable bonds is 2. The SMILES string of the molecule is Fc1cccc(-c2ccc(CCl)cc2C(F)(F)F)c1F. The second-order valence-electron chi connectivity index (χ2n) is 4.11. The largest absolute Gasteiger partial charge is 0.417 e. The maximum absolute atomic E-state index is 13.7. The van der Waals surface area contributed by atoms with Crippen LogP contribution in [0.4, 0.5) is 22.0 Å². The Bertz CT molecular complexity index is 634. The van der Waals surface area contributed by atoms with Gasteiger partial charge in [-0.25, -0.2) is 8.78 Å². The van der Waals surface area contributed by atoms with Crippen LogP contribution in [0.5, 0.6) is 0 Å². The van der Waals surface area contributed by atoms with E-state index in [0.29, 0.717) is 0 Å². The van der Waals surface area contributed by atoms with Crippen molar-refractivity contribution in [1.29, 1.82) is 0 Å². The van der Waals surface area contributed by atoms with Gasteiger partial charge in [0, 0.05) is 11.4 Å². The molecule has 0 spiro atoms. The monoisotopic (exact) mass is 306 g/mol. The summed E-state index contributed by atoms with van der Waals surface area (Å²) in [5.41, 5.74) is -1.64. The standard InChI is InChI=1S/C14H8ClF5/c15-7-8-4-5-9(11(6-8)14(18,19)20)10-2-1-3-12(16)13(10)17/h1-6H,7H2. The molecule has 0 fully saturated rings. The molecule has 0 radical (unpaired) electrons. The summed E-state index contributed by atoms with van der Waals surface area (Å²) in [7, 11) is 0. The average Bonchev–Trinajstić information content (AvgIpc) is 2.40. The predicted octanol–water partition coefficient (Wildman–Crippen LogP) is 5.39. The summed E-state index contributed by atoms with van der Waals surface area (Å²) in [5.74, 6) is -2.61. The molecule has 0 aliphatic rings. The molecule has 0 aliphatic carbocycles. The lowest BCUT2D eigenvalue weighted by molar-refractivity contribution is -0.137. The van der Waals surface area contributed by atoms with Gasteiger partial charge in [-0.15, -0.1) is 11.6 Å². The highest BCUT2D eigenvalue weighted by atomic mass is 35.5. The summed E-state index contributed by atoms with van der Waals surface area (Å²) in [6, 6.07) is 6.39. The highest BCUT2D eigenvalue weighted by Crippen LogP contribution is 2.39. The summed E-state index contributed by atoms with van der Waals surface area (Å²) in [6.45, 7) is 0. The smallest absolute Gasteiger partial charge is 0.204 e. The van der Waals surface area contributed by atoms with Crippen LogP contribution in [0.15, 0.2) is 36.4 Å². The molecule has 0 aromatic heterocycles. The van der Waals surface area contributed by atoms with E-state index in [9.17, 15) is 22.0 Å². The predicted molar refractivity (Wildman–Crippen MR) is 66.4 cm³/mol. The molecule has 0 unspecified atom stereocenters. The minimum absolute atomic E-state index is 0.102. The van der Waals surface area contributed by atoms with Crippen molar-refractivity contribution in [3.8, 4) is 11.1 Å². The lowest BCUT2D eigenvalue weighted by atomic mass is 9.97. The molecular formula is C14H8ClF5. The summed E-state index contributed by atoms with van der Waals surface area (Å²) in [4.78, 5) is 0. The zero-order chi connectivity index (χ0) is 14.9. The lowest BCUT2D eigenvalue weighted by Gasteiger charge is -2.15. The van der Waals surface area contributed by atoms with Gasteiger partial charge < -0.3 is 0 Å². The van der Waals surface area contributed by atoms with Crippen molar-refractivity contribution in [3.63, 3.8) is 0 Å². The van der Waals surface area contributed by atoms with Crippen LogP contribution in [-0.2, 0) is 12.1 Å². The van der Waals surface area contributed by atoms with Gasteiger partial charge >= 0.3 is 6.18 Å². The molecule has 6 heteroatoms. The second kappa shape index (κ2) is 5.40. The first-order valence-corrected chi connectivity index (χ1v) is 6.08. The number of benzene rings is 2. The molecule has 2 aromatic carbocycles. The Morgan fingerprint density at radius 3 is 2.25 bits per heavy atom. The molecule has 0 nitrogen and oxygen atoms in total. The van der Waals surface area contributed by atoms with E-state index < -0.39 is 34.5 Å². The van der Waals surface area contributed by atoms with Crippen molar-refractivity contribution in [2.75, 3.05) is 0 Å². The maximum Gasteiger partial charge on any atom is 0.417 e. The van der Waals surface area contributed by atoms with Gasteiger partial charge in [0.15, 0.2) is 11.6 Å². The van der Waals surface area contributed by atoms with Gasteiger partial charge in [-0.2, -0.15) is 13.2 Å². The van der Waals surface area contributed by atoms with Gasteiger partial charge in [0.2, 0.25) is 0 Å². The van der Waals surface area contributed by atoms with Gasteiger partial charge in [0.05, 0.1) is 5.56 Å². The van der Waals surface area contributed by atoms with E-state index in [1.54, 1.807) is 0 Å². The van der Waals surface area contributed by atoms with Crippen LogP contribution in [0.1, 0.15) is 11.1 Å². The van der Waals surface area contributed by atoms with E-state index in [0.717, 1.165) is 30.3 Å². The topological polar surface area (TPSA) is 0 Å². The summed E-state index contributed by atoms with van der Waals surface area (Å²) in [5, 5.41) is 0. The number of hydrogen-bond donors (Lipinski definition) is 0. The van der Waals surface area contributed by atoms with Crippen LogP contribution >= 0.6 is 11.6 Å². The van der Waals surface area contributed by atoms with Crippen LogP contribution in [0.25, 0.3) is 11.1 Å². The number of hydrogen-bond acceptors (Lipinski definition) is 0. The first-order chi connectivity index (χ1) is 9.34. The van der Waals surface area contributed by atoms with Gasteiger partial charge in [-0.1, -0.05) is 24.3 Å². The van der Waals surface area contributed by atoms with Crippen molar-refractivity contribution >= 4 is 11.6 Å². The fourth-order valence-electron chi connectivity index (χ4n) is 1.86. The summed E-state index contributed by atoms with van der Waals surface area (Å²) in [6.07, 6.45) is -4.68. The van der Waals surface area contributed by atoms with Gasteiger partial charge in [-0.05, 0) is 23.3 Å². The van der Waals surface area contributed by atoms with Crippen molar-refractivity contribution in [2.24, 2.45) is 0 Å². The van der Waals surface area contributed by atoms with Crippen molar-refractivity contribution in [2.45, 2.75) is 12.1 Å². The van der Waals surface area contributed by atoms with E-state index in [-0.39, 0.29) is 11.4 Å². The van der Waals surface area contributed by atoms with E-state index in [4.69, 9.17) is 11.6 Å². The molecule has 0 aliphatic heterocycles. The Hall–Kier alpha value is -1.62. The van der Waals surface area contributed by atoms with Crippen LogP contribution < -0.4 is 0 Å². The van der Waals surface area contributed by atoms with Crippen LogP contribution in [-0.4, -0.2) is 0 Å².